The number of piperazine rings is 1. The molecule has 0 atom stereocenters. The van der Waals surface area contributed by atoms with Gasteiger partial charge in [-0.05, 0) is 24.3 Å². The lowest BCUT2D eigenvalue weighted by Gasteiger charge is -2.35. The van der Waals surface area contributed by atoms with Crippen molar-refractivity contribution in [1.29, 1.82) is 0 Å². The zero-order valence-electron chi connectivity index (χ0n) is 14.8. The standard InChI is InChI=1S/C19H18Cl2N4O2/c1-2-16-22-17-13(10-12(20)11-14(17)21)18(23-16)24-5-7-25(8-6-24)19(26)15-4-3-9-27-15/h3-4,9-11H,2,5-8H2,1H3. The monoisotopic (exact) mass is 404 g/mol. The highest BCUT2D eigenvalue weighted by Crippen LogP contribution is 2.32. The van der Waals surface area contributed by atoms with E-state index in [0.717, 1.165) is 17.0 Å². The van der Waals surface area contributed by atoms with Gasteiger partial charge in [-0.25, -0.2) is 9.97 Å². The molecular formula is C19H18Cl2N4O2. The van der Waals surface area contributed by atoms with Gasteiger partial charge in [0.15, 0.2) is 5.76 Å². The van der Waals surface area contributed by atoms with Crippen LogP contribution in [0.25, 0.3) is 10.9 Å². The molecule has 4 rings (SSSR count). The summed E-state index contributed by atoms with van der Waals surface area (Å²) in [4.78, 5) is 25.7. The van der Waals surface area contributed by atoms with Crippen LogP contribution in [0, 0.1) is 0 Å². The molecule has 1 aliphatic heterocycles. The number of aromatic nitrogens is 2. The normalized spacial score (nSPS) is 14.8. The molecule has 0 N–H and O–H groups in total. The summed E-state index contributed by atoms with van der Waals surface area (Å²) < 4.78 is 5.22. The molecule has 2 aromatic heterocycles. The molecule has 0 bridgehead atoms. The number of anilines is 1. The number of hydrogen-bond acceptors (Lipinski definition) is 5. The number of carbonyl (C=O) groups excluding carboxylic acids is 1. The van der Waals surface area contributed by atoms with Crippen LogP contribution in [0.4, 0.5) is 5.82 Å². The number of hydrogen-bond donors (Lipinski definition) is 0. The number of rotatable bonds is 3. The van der Waals surface area contributed by atoms with Gasteiger partial charge >= 0.3 is 0 Å². The van der Waals surface area contributed by atoms with Gasteiger partial charge in [-0.2, -0.15) is 0 Å². The fraction of sp³-hybridized carbons (Fsp3) is 0.316. The molecule has 3 heterocycles. The van der Waals surface area contributed by atoms with E-state index in [4.69, 9.17) is 32.6 Å². The summed E-state index contributed by atoms with van der Waals surface area (Å²) in [6.07, 6.45) is 2.22. The van der Waals surface area contributed by atoms with E-state index in [-0.39, 0.29) is 5.91 Å². The Bertz CT molecular complexity index is 983. The van der Waals surface area contributed by atoms with E-state index < -0.39 is 0 Å². The number of halogens is 2. The number of carbonyl (C=O) groups is 1. The lowest BCUT2D eigenvalue weighted by molar-refractivity contribution is 0.0714. The molecule has 6 nitrogen and oxygen atoms in total. The largest absolute Gasteiger partial charge is 0.459 e. The Kier molecular flexibility index (Phi) is 4.93. The summed E-state index contributed by atoms with van der Waals surface area (Å²) in [7, 11) is 0. The molecule has 0 saturated carbocycles. The second kappa shape index (κ2) is 7.37. The highest BCUT2D eigenvalue weighted by atomic mass is 35.5. The maximum atomic E-state index is 12.5. The van der Waals surface area contributed by atoms with Crippen molar-refractivity contribution in [2.45, 2.75) is 13.3 Å². The van der Waals surface area contributed by atoms with E-state index in [1.165, 1.54) is 6.26 Å². The van der Waals surface area contributed by atoms with Crippen molar-refractivity contribution < 1.29 is 9.21 Å². The van der Waals surface area contributed by atoms with Crippen LogP contribution in [0.3, 0.4) is 0 Å². The van der Waals surface area contributed by atoms with E-state index >= 15 is 0 Å². The SMILES string of the molecule is CCc1nc(N2CCN(C(=O)c3ccco3)CC2)c2cc(Cl)cc(Cl)c2n1. The Morgan fingerprint density at radius 1 is 1.19 bits per heavy atom. The third kappa shape index (κ3) is 3.47. The van der Waals surface area contributed by atoms with Crippen LogP contribution in [0.1, 0.15) is 23.3 Å². The van der Waals surface area contributed by atoms with Gasteiger partial charge in [-0.1, -0.05) is 30.1 Å². The van der Waals surface area contributed by atoms with E-state index in [1.807, 2.05) is 13.0 Å². The fourth-order valence-corrected chi connectivity index (χ4v) is 3.80. The highest BCUT2D eigenvalue weighted by Gasteiger charge is 2.26. The maximum absolute atomic E-state index is 12.5. The summed E-state index contributed by atoms with van der Waals surface area (Å²) in [5.74, 6) is 1.82. The maximum Gasteiger partial charge on any atom is 0.289 e. The van der Waals surface area contributed by atoms with Crippen LogP contribution in [0.2, 0.25) is 10.0 Å². The Morgan fingerprint density at radius 2 is 1.96 bits per heavy atom. The summed E-state index contributed by atoms with van der Waals surface area (Å²) in [6.45, 7) is 4.49. The van der Waals surface area contributed by atoms with Gasteiger partial charge < -0.3 is 14.2 Å². The van der Waals surface area contributed by atoms with Gasteiger partial charge in [0.1, 0.15) is 11.6 Å². The lowest BCUT2D eigenvalue weighted by atomic mass is 10.2. The number of amides is 1. The minimum absolute atomic E-state index is 0.0902. The molecule has 1 amide bonds. The predicted octanol–water partition coefficient (Wildman–Crippen LogP) is 4.05. The highest BCUT2D eigenvalue weighted by molar-refractivity contribution is 6.38. The molecule has 1 aliphatic rings. The Morgan fingerprint density at radius 3 is 2.63 bits per heavy atom. The number of nitrogens with zero attached hydrogens (tertiary/aromatic N) is 4. The van der Waals surface area contributed by atoms with E-state index in [9.17, 15) is 4.79 Å². The molecule has 8 heteroatoms. The minimum atomic E-state index is -0.0902. The van der Waals surface area contributed by atoms with Crippen LogP contribution in [0.5, 0.6) is 0 Å². The number of fused-ring (bicyclic) bond motifs is 1. The van der Waals surface area contributed by atoms with Gasteiger partial charge in [0, 0.05) is 43.0 Å². The number of aryl methyl sites for hydroxylation is 1. The van der Waals surface area contributed by atoms with Crippen LogP contribution in [-0.4, -0.2) is 47.0 Å². The molecule has 0 aliphatic carbocycles. The third-order valence-electron chi connectivity index (χ3n) is 4.66. The topological polar surface area (TPSA) is 62.5 Å². The van der Waals surface area contributed by atoms with Gasteiger partial charge in [0.05, 0.1) is 16.8 Å². The van der Waals surface area contributed by atoms with Crippen LogP contribution < -0.4 is 4.90 Å². The van der Waals surface area contributed by atoms with Crippen molar-refractivity contribution in [3.8, 4) is 0 Å². The van der Waals surface area contributed by atoms with Gasteiger partial charge in [-0.15, -0.1) is 0 Å². The first-order valence-electron chi connectivity index (χ1n) is 8.80. The predicted molar refractivity (Wildman–Crippen MR) is 106 cm³/mol. The number of furan rings is 1. The first kappa shape index (κ1) is 18.1. The third-order valence-corrected chi connectivity index (χ3v) is 5.17. The smallest absolute Gasteiger partial charge is 0.289 e. The zero-order chi connectivity index (χ0) is 19.0. The second-order valence-corrected chi connectivity index (χ2v) is 7.20. The molecule has 0 unspecified atom stereocenters. The van der Waals surface area contributed by atoms with Crippen molar-refractivity contribution in [3.05, 3.63) is 52.2 Å². The molecule has 3 aromatic rings. The molecule has 27 heavy (non-hydrogen) atoms. The minimum Gasteiger partial charge on any atom is -0.459 e. The summed E-state index contributed by atoms with van der Waals surface area (Å²) in [5.41, 5.74) is 0.706. The quantitative estimate of drug-likeness (QED) is 0.658. The molecule has 140 valence electrons. The molecule has 0 radical (unpaired) electrons. The zero-order valence-corrected chi connectivity index (χ0v) is 16.3. The van der Waals surface area contributed by atoms with Gasteiger partial charge in [0.2, 0.25) is 0 Å². The van der Waals surface area contributed by atoms with Crippen LogP contribution >= 0.6 is 23.2 Å². The van der Waals surface area contributed by atoms with Crippen molar-refractivity contribution in [1.82, 2.24) is 14.9 Å². The van der Waals surface area contributed by atoms with Crippen molar-refractivity contribution in [3.63, 3.8) is 0 Å². The molecule has 1 fully saturated rings. The molecular weight excluding hydrogens is 387 g/mol. The Labute approximate surface area is 166 Å². The molecule has 1 saturated heterocycles. The summed E-state index contributed by atoms with van der Waals surface area (Å²) in [5, 5.41) is 1.89. The van der Waals surface area contributed by atoms with E-state index in [1.54, 1.807) is 23.1 Å². The van der Waals surface area contributed by atoms with Crippen molar-refractivity contribution >= 4 is 45.8 Å². The fourth-order valence-electron chi connectivity index (χ4n) is 3.26. The first-order chi connectivity index (χ1) is 13.1. The lowest BCUT2D eigenvalue weighted by Crippen LogP contribution is -2.49. The van der Waals surface area contributed by atoms with E-state index in [2.05, 4.69) is 9.88 Å². The van der Waals surface area contributed by atoms with Gasteiger partial charge in [0.25, 0.3) is 5.91 Å². The molecule has 1 aromatic carbocycles. The summed E-state index contributed by atoms with van der Waals surface area (Å²) in [6, 6.07) is 6.94. The van der Waals surface area contributed by atoms with Crippen molar-refractivity contribution in [2.24, 2.45) is 0 Å². The first-order valence-corrected chi connectivity index (χ1v) is 9.56. The second-order valence-electron chi connectivity index (χ2n) is 6.36. The van der Waals surface area contributed by atoms with Crippen molar-refractivity contribution in [2.75, 3.05) is 31.1 Å². The summed E-state index contributed by atoms with van der Waals surface area (Å²) >= 11 is 12.6. The van der Waals surface area contributed by atoms with Crippen LogP contribution in [-0.2, 0) is 6.42 Å². The number of benzene rings is 1. The van der Waals surface area contributed by atoms with Gasteiger partial charge in [-0.3, -0.25) is 4.79 Å². The van der Waals surface area contributed by atoms with E-state index in [0.29, 0.717) is 53.9 Å². The average molecular weight is 405 g/mol. The average Bonchev–Trinajstić information content (AvgIpc) is 3.22. The molecule has 0 spiro atoms. The Balaban J connectivity index is 1.63. The Hall–Kier alpha value is -2.31. The van der Waals surface area contributed by atoms with Crippen LogP contribution in [0.15, 0.2) is 34.9 Å².